The van der Waals surface area contributed by atoms with Crippen molar-refractivity contribution in [3.63, 3.8) is 0 Å². The van der Waals surface area contributed by atoms with Gasteiger partial charge in [-0.25, -0.2) is 4.39 Å². The van der Waals surface area contributed by atoms with Gasteiger partial charge >= 0.3 is 0 Å². The molecule has 0 saturated carbocycles. The van der Waals surface area contributed by atoms with Crippen LogP contribution >= 0.6 is 11.3 Å². The quantitative estimate of drug-likeness (QED) is 0.497. The number of hydrogen-bond donors (Lipinski definition) is 1. The second kappa shape index (κ2) is 7.37. The van der Waals surface area contributed by atoms with E-state index >= 15 is 0 Å². The highest BCUT2D eigenvalue weighted by atomic mass is 32.1. The fraction of sp³-hybridized carbons (Fsp3) is 0.136. The minimum absolute atomic E-state index is 0.0323. The van der Waals surface area contributed by atoms with Crippen LogP contribution in [0.3, 0.4) is 0 Å². The van der Waals surface area contributed by atoms with Crippen molar-refractivity contribution in [1.29, 1.82) is 0 Å². The maximum atomic E-state index is 13.0. The first-order chi connectivity index (χ1) is 13.1. The van der Waals surface area contributed by atoms with Crippen LogP contribution in [-0.2, 0) is 6.54 Å². The molecule has 4 rings (SSSR count). The Morgan fingerprint density at radius 2 is 1.85 bits per heavy atom. The molecule has 0 spiro atoms. The predicted octanol–water partition coefficient (Wildman–Crippen LogP) is 5.38. The minimum atomic E-state index is -0.282. The fourth-order valence-corrected chi connectivity index (χ4v) is 4.10. The van der Waals surface area contributed by atoms with Crippen molar-refractivity contribution in [1.82, 2.24) is 9.88 Å². The lowest BCUT2D eigenvalue weighted by molar-refractivity contribution is 0.0941. The van der Waals surface area contributed by atoms with Gasteiger partial charge in [-0.3, -0.25) is 4.79 Å². The van der Waals surface area contributed by atoms with Crippen LogP contribution in [0, 0.1) is 5.82 Å². The SMILES string of the molecule is C[C@@H](c1ccccc1)n1c(C(=O)NCc2ccc(F)cc2)cc2sccc21. The van der Waals surface area contributed by atoms with Gasteiger partial charge in [0.2, 0.25) is 0 Å². The summed E-state index contributed by atoms with van der Waals surface area (Å²) in [7, 11) is 0. The van der Waals surface area contributed by atoms with E-state index in [1.807, 2.05) is 29.6 Å². The normalized spacial score (nSPS) is 12.2. The largest absolute Gasteiger partial charge is 0.347 e. The number of aromatic nitrogens is 1. The van der Waals surface area contributed by atoms with Gasteiger partial charge in [-0.15, -0.1) is 11.3 Å². The molecule has 2 heterocycles. The topological polar surface area (TPSA) is 34.0 Å². The lowest BCUT2D eigenvalue weighted by Gasteiger charge is -2.19. The molecule has 1 N–H and O–H groups in total. The molecule has 136 valence electrons. The van der Waals surface area contributed by atoms with Crippen molar-refractivity contribution < 1.29 is 9.18 Å². The zero-order valence-electron chi connectivity index (χ0n) is 14.9. The highest BCUT2D eigenvalue weighted by molar-refractivity contribution is 7.17. The Labute approximate surface area is 161 Å². The summed E-state index contributed by atoms with van der Waals surface area (Å²) in [4.78, 5) is 12.9. The molecule has 0 radical (unpaired) electrons. The third kappa shape index (κ3) is 3.51. The first-order valence-corrected chi connectivity index (χ1v) is 9.67. The molecule has 0 aliphatic rings. The van der Waals surface area contributed by atoms with Crippen LogP contribution in [0.2, 0.25) is 0 Å². The molecule has 2 aromatic heterocycles. The molecule has 27 heavy (non-hydrogen) atoms. The molecule has 2 aromatic carbocycles. The van der Waals surface area contributed by atoms with E-state index in [4.69, 9.17) is 0 Å². The number of hydrogen-bond acceptors (Lipinski definition) is 2. The van der Waals surface area contributed by atoms with Crippen LogP contribution in [0.4, 0.5) is 4.39 Å². The predicted molar refractivity (Wildman–Crippen MR) is 108 cm³/mol. The average molecular weight is 378 g/mol. The molecule has 0 bridgehead atoms. The fourth-order valence-electron chi connectivity index (χ4n) is 3.29. The maximum Gasteiger partial charge on any atom is 0.268 e. The monoisotopic (exact) mass is 378 g/mol. The summed E-state index contributed by atoms with van der Waals surface area (Å²) in [5.41, 5.74) is 3.70. The number of rotatable bonds is 5. The molecule has 1 atom stereocenters. The zero-order valence-corrected chi connectivity index (χ0v) is 15.7. The van der Waals surface area contributed by atoms with Crippen LogP contribution in [0.25, 0.3) is 10.2 Å². The van der Waals surface area contributed by atoms with E-state index in [0.29, 0.717) is 12.2 Å². The van der Waals surface area contributed by atoms with E-state index in [2.05, 4.69) is 35.0 Å². The molecule has 0 aliphatic heterocycles. The number of fused-ring (bicyclic) bond motifs is 1. The summed E-state index contributed by atoms with van der Waals surface area (Å²) in [6, 6.07) is 20.3. The second-order valence-electron chi connectivity index (χ2n) is 6.47. The first kappa shape index (κ1) is 17.5. The Hall–Kier alpha value is -2.92. The van der Waals surface area contributed by atoms with E-state index in [1.54, 1.807) is 23.5 Å². The highest BCUT2D eigenvalue weighted by Crippen LogP contribution is 2.31. The third-order valence-corrected chi connectivity index (χ3v) is 5.58. The Morgan fingerprint density at radius 1 is 1.11 bits per heavy atom. The van der Waals surface area contributed by atoms with Crippen molar-refractivity contribution in [2.45, 2.75) is 19.5 Å². The average Bonchev–Trinajstić information content (AvgIpc) is 3.28. The summed E-state index contributed by atoms with van der Waals surface area (Å²) in [5, 5.41) is 5.00. The summed E-state index contributed by atoms with van der Waals surface area (Å²) in [5.74, 6) is -0.415. The molecule has 3 nitrogen and oxygen atoms in total. The van der Waals surface area contributed by atoms with Gasteiger partial charge in [0.05, 0.1) is 16.3 Å². The molecule has 0 saturated heterocycles. The standard InChI is InChI=1S/C22H19FN2OS/c1-15(17-5-3-2-4-6-17)25-19-11-12-27-21(19)13-20(25)22(26)24-14-16-7-9-18(23)10-8-16/h2-13,15H,14H2,1H3,(H,24,26)/t15-/m0/s1. The van der Waals surface area contributed by atoms with Crippen LogP contribution in [-0.4, -0.2) is 10.5 Å². The van der Waals surface area contributed by atoms with Gasteiger partial charge < -0.3 is 9.88 Å². The highest BCUT2D eigenvalue weighted by Gasteiger charge is 2.21. The van der Waals surface area contributed by atoms with Crippen LogP contribution in [0.15, 0.2) is 72.1 Å². The number of nitrogens with one attached hydrogen (secondary N) is 1. The molecular formula is C22H19FN2OS. The first-order valence-electron chi connectivity index (χ1n) is 8.79. The molecule has 1 amide bonds. The molecule has 0 unspecified atom stereocenters. The lowest BCUT2D eigenvalue weighted by atomic mass is 10.1. The molecule has 0 aliphatic carbocycles. The maximum absolute atomic E-state index is 13.0. The number of halogens is 1. The molecule has 0 fully saturated rings. The van der Waals surface area contributed by atoms with Crippen molar-refractivity contribution in [2.24, 2.45) is 0 Å². The number of carbonyl (C=O) groups is 1. The van der Waals surface area contributed by atoms with Gasteiger partial charge in [0, 0.05) is 6.54 Å². The van der Waals surface area contributed by atoms with Crippen LogP contribution in [0.5, 0.6) is 0 Å². The van der Waals surface area contributed by atoms with Crippen molar-refractivity contribution in [3.05, 3.63) is 94.7 Å². The summed E-state index contributed by atoms with van der Waals surface area (Å²) in [6.07, 6.45) is 0. The van der Waals surface area contributed by atoms with Gasteiger partial charge in [0.25, 0.3) is 5.91 Å². The Balaban J connectivity index is 1.64. The number of thiophene rings is 1. The Morgan fingerprint density at radius 3 is 2.59 bits per heavy atom. The molecular weight excluding hydrogens is 359 g/mol. The number of benzene rings is 2. The van der Waals surface area contributed by atoms with E-state index < -0.39 is 0 Å². The zero-order chi connectivity index (χ0) is 18.8. The van der Waals surface area contributed by atoms with Gasteiger partial charge in [-0.1, -0.05) is 42.5 Å². The number of amides is 1. The van der Waals surface area contributed by atoms with E-state index in [1.165, 1.54) is 12.1 Å². The second-order valence-corrected chi connectivity index (χ2v) is 7.41. The summed E-state index contributed by atoms with van der Waals surface area (Å²) < 4.78 is 16.2. The van der Waals surface area contributed by atoms with Crippen LogP contribution < -0.4 is 5.32 Å². The number of carbonyl (C=O) groups excluding carboxylic acids is 1. The van der Waals surface area contributed by atoms with E-state index in [-0.39, 0.29) is 17.8 Å². The molecule has 5 heteroatoms. The van der Waals surface area contributed by atoms with Gasteiger partial charge in [-0.05, 0) is 47.7 Å². The summed E-state index contributed by atoms with van der Waals surface area (Å²) >= 11 is 1.63. The Kier molecular flexibility index (Phi) is 4.77. The number of nitrogens with zero attached hydrogens (tertiary/aromatic N) is 1. The van der Waals surface area contributed by atoms with Gasteiger partial charge in [-0.2, -0.15) is 0 Å². The lowest BCUT2D eigenvalue weighted by Crippen LogP contribution is -2.26. The van der Waals surface area contributed by atoms with Crippen LogP contribution in [0.1, 0.15) is 34.6 Å². The van der Waals surface area contributed by atoms with Crippen molar-refractivity contribution in [3.8, 4) is 0 Å². The van der Waals surface area contributed by atoms with Crippen molar-refractivity contribution in [2.75, 3.05) is 0 Å². The Bertz CT molecular complexity index is 1070. The van der Waals surface area contributed by atoms with Crippen molar-refractivity contribution >= 4 is 27.5 Å². The smallest absolute Gasteiger partial charge is 0.268 e. The molecule has 4 aromatic rings. The minimum Gasteiger partial charge on any atom is -0.347 e. The third-order valence-electron chi connectivity index (χ3n) is 4.73. The van der Waals surface area contributed by atoms with E-state index in [0.717, 1.165) is 21.3 Å². The van der Waals surface area contributed by atoms with Gasteiger partial charge in [0.1, 0.15) is 11.5 Å². The van der Waals surface area contributed by atoms with Gasteiger partial charge in [0.15, 0.2) is 0 Å². The van der Waals surface area contributed by atoms with E-state index in [9.17, 15) is 9.18 Å². The summed E-state index contributed by atoms with van der Waals surface area (Å²) in [6.45, 7) is 2.46.